The van der Waals surface area contributed by atoms with E-state index < -0.39 is 18.0 Å². The molecule has 0 saturated carbocycles. The summed E-state index contributed by atoms with van der Waals surface area (Å²) in [5.74, 6) is -0.411. The van der Waals surface area contributed by atoms with E-state index in [0.29, 0.717) is 37.6 Å². The second-order valence-corrected chi connectivity index (χ2v) is 6.19. The highest BCUT2D eigenvalue weighted by molar-refractivity contribution is 5.93. The molecule has 1 aromatic carbocycles. The number of hydrogen-bond acceptors (Lipinski definition) is 4. The maximum Gasteiger partial charge on any atom is 0.319 e. The van der Waals surface area contributed by atoms with Crippen molar-refractivity contribution >= 4 is 23.3 Å². The van der Waals surface area contributed by atoms with E-state index in [1.54, 1.807) is 24.8 Å². The predicted octanol–water partition coefficient (Wildman–Crippen LogP) is 1.39. The third-order valence-electron chi connectivity index (χ3n) is 4.05. The van der Waals surface area contributed by atoms with Gasteiger partial charge < -0.3 is 25.5 Å². The van der Waals surface area contributed by atoms with Gasteiger partial charge in [-0.1, -0.05) is 0 Å². The molecule has 0 aliphatic carbocycles. The molecule has 1 aromatic rings. The van der Waals surface area contributed by atoms with E-state index >= 15 is 0 Å². The molecular formula is C17H25FN4O3. The van der Waals surface area contributed by atoms with Gasteiger partial charge in [0.05, 0.1) is 17.5 Å². The van der Waals surface area contributed by atoms with Gasteiger partial charge in [0.2, 0.25) is 5.91 Å². The Morgan fingerprint density at radius 1 is 1.28 bits per heavy atom. The molecule has 1 unspecified atom stereocenters. The van der Waals surface area contributed by atoms with Crippen LogP contribution in [0.2, 0.25) is 0 Å². The van der Waals surface area contributed by atoms with Gasteiger partial charge in [-0.25, -0.2) is 9.18 Å². The first kappa shape index (κ1) is 19.0. The van der Waals surface area contributed by atoms with E-state index in [9.17, 15) is 19.1 Å². The predicted molar refractivity (Wildman–Crippen MR) is 94.2 cm³/mol. The number of benzene rings is 1. The van der Waals surface area contributed by atoms with Gasteiger partial charge in [-0.05, 0) is 31.5 Å². The van der Waals surface area contributed by atoms with Crippen LogP contribution in [0, 0.1) is 5.82 Å². The summed E-state index contributed by atoms with van der Waals surface area (Å²) in [4.78, 5) is 27.3. The summed E-state index contributed by atoms with van der Waals surface area (Å²) in [6.45, 7) is 5.80. The van der Waals surface area contributed by atoms with E-state index in [1.807, 2.05) is 4.90 Å². The van der Waals surface area contributed by atoms with Crippen molar-refractivity contribution in [2.24, 2.45) is 0 Å². The smallest absolute Gasteiger partial charge is 0.319 e. The second kappa shape index (κ2) is 8.66. The highest BCUT2D eigenvalue weighted by Gasteiger charge is 2.20. The normalized spacial score (nSPS) is 16.2. The third kappa shape index (κ3) is 5.60. The Labute approximate surface area is 146 Å². The maximum atomic E-state index is 13.6. The van der Waals surface area contributed by atoms with Crippen molar-refractivity contribution in [3.05, 3.63) is 24.0 Å². The number of nitrogens with one attached hydrogen (secondary N) is 2. The molecule has 1 fully saturated rings. The summed E-state index contributed by atoms with van der Waals surface area (Å²) in [6.07, 6.45) is 0.130. The molecule has 7 nitrogen and oxygen atoms in total. The van der Waals surface area contributed by atoms with Crippen molar-refractivity contribution < 1.29 is 19.1 Å². The zero-order valence-corrected chi connectivity index (χ0v) is 14.6. The fraction of sp³-hybridized carbons (Fsp3) is 0.529. The molecule has 1 heterocycles. The summed E-state index contributed by atoms with van der Waals surface area (Å²) in [5.41, 5.74) is 1.07. The number of urea groups is 1. The molecular weight excluding hydrogens is 327 g/mol. The lowest BCUT2D eigenvalue weighted by atomic mass is 10.2. The van der Waals surface area contributed by atoms with Crippen LogP contribution in [0.1, 0.15) is 20.3 Å². The first-order chi connectivity index (χ1) is 11.9. The third-order valence-corrected chi connectivity index (χ3v) is 4.05. The average molecular weight is 352 g/mol. The molecule has 0 radical (unpaired) electrons. The molecule has 0 bridgehead atoms. The van der Waals surface area contributed by atoms with Gasteiger partial charge in [-0.2, -0.15) is 0 Å². The van der Waals surface area contributed by atoms with Gasteiger partial charge >= 0.3 is 6.03 Å². The second-order valence-electron chi connectivity index (χ2n) is 6.19. The molecule has 1 aliphatic rings. The van der Waals surface area contributed by atoms with E-state index in [2.05, 4.69) is 10.6 Å². The van der Waals surface area contributed by atoms with Crippen LogP contribution in [0.5, 0.6) is 0 Å². The van der Waals surface area contributed by atoms with Crippen LogP contribution in [0.15, 0.2) is 18.2 Å². The zero-order valence-electron chi connectivity index (χ0n) is 14.6. The lowest BCUT2D eigenvalue weighted by molar-refractivity contribution is -0.128. The van der Waals surface area contributed by atoms with Gasteiger partial charge in [0, 0.05) is 39.6 Å². The van der Waals surface area contributed by atoms with E-state index in [1.165, 1.54) is 12.1 Å². The maximum absolute atomic E-state index is 13.6. The number of aliphatic hydroxyl groups is 1. The standard InChI is InChI=1S/C17H25FN4O3/c1-12(23)11-19-17(25)20-15-10-14(18)4-5-16(15)22-7-3-6-21(8-9-22)13(2)24/h4-5,10,12,23H,3,6-9,11H2,1-2H3,(H2,19,20,25). The van der Waals surface area contributed by atoms with Crippen molar-refractivity contribution in [2.75, 3.05) is 42.9 Å². The van der Waals surface area contributed by atoms with Crippen LogP contribution < -0.4 is 15.5 Å². The Hall–Kier alpha value is -2.35. The van der Waals surface area contributed by atoms with Crippen LogP contribution in [-0.4, -0.2) is 60.8 Å². The molecule has 1 saturated heterocycles. The first-order valence-electron chi connectivity index (χ1n) is 8.39. The minimum Gasteiger partial charge on any atom is -0.392 e. The molecule has 0 aromatic heterocycles. The van der Waals surface area contributed by atoms with Gasteiger partial charge in [-0.3, -0.25) is 4.79 Å². The topological polar surface area (TPSA) is 84.9 Å². The van der Waals surface area contributed by atoms with Gasteiger partial charge in [0.1, 0.15) is 5.82 Å². The lowest BCUT2D eigenvalue weighted by Crippen LogP contribution is -2.36. The van der Waals surface area contributed by atoms with Crippen LogP contribution in [-0.2, 0) is 4.79 Å². The lowest BCUT2D eigenvalue weighted by Gasteiger charge is -2.26. The van der Waals surface area contributed by atoms with Crippen LogP contribution in [0.4, 0.5) is 20.6 Å². The number of hydrogen-bond donors (Lipinski definition) is 3. The number of amides is 3. The van der Waals surface area contributed by atoms with Crippen LogP contribution in [0.3, 0.4) is 0 Å². The monoisotopic (exact) mass is 352 g/mol. The summed E-state index contributed by atoms with van der Waals surface area (Å²) in [6, 6.07) is 3.74. The largest absolute Gasteiger partial charge is 0.392 e. The van der Waals surface area contributed by atoms with Crippen LogP contribution in [0.25, 0.3) is 0 Å². The number of rotatable bonds is 4. The molecule has 3 amide bonds. The number of nitrogens with zero attached hydrogens (tertiary/aromatic N) is 2. The Morgan fingerprint density at radius 3 is 2.72 bits per heavy atom. The Bertz CT molecular complexity index is 624. The highest BCUT2D eigenvalue weighted by atomic mass is 19.1. The number of anilines is 2. The van der Waals surface area contributed by atoms with Crippen molar-refractivity contribution in [3.8, 4) is 0 Å². The molecule has 1 aliphatic heterocycles. The van der Waals surface area contributed by atoms with E-state index in [4.69, 9.17) is 0 Å². The number of carbonyl (C=O) groups is 2. The van der Waals surface area contributed by atoms with Gasteiger partial charge in [0.15, 0.2) is 0 Å². The highest BCUT2D eigenvalue weighted by Crippen LogP contribution is 2.28. The number of aliphatic hydroxyl groups excluding tert-OH is 1. The Morgan fingerprint density at radius 2 is 2.04 bits per heavy atom. The number of carbonyl (C=O) groups excluding carboxylic acids is 2. The van der Waals surface area contributed by atoms with Crippen molar-refractivity contribution in [1.82, 2.24) is 10.2 Å². The Kier molecular flexibility index (Phi) is 6.58. The minimum atomic E-state index is -0.666. The van der Waals surface area contributed by atoms with E-state index in [-0.39, 0.29) is 12.5 Å². The first-order valence-corrected chi connectivity index (χ1v) is 8.39. The summed E-state index contributed by atoms with van der Waals surface area (Å²) in [5, 5.41) is 14.4. The molecule has 138 valence electrons. The van der Waals surface area contributed by atoms with E-state index in [0.717, 1.165) is 6.42 Å². The summed E-state index contributed by atoms with van der Waals surface area (Å²) < 4.78 is 13.6. The molecule has 3 N–H and O–H groups in total. The van der Waals surface area contributed by atoms with Crippen molar-refractivity contribution in [3.63, 3.8) is 0 Å². The van der Waals surface area contributed by atoms with Crippen LogP contribution >= 0.6 is 0 Å². The fourth-order valence-corrected chi connectivity index (χ4v) is 2.76. The fourth-order valence-electron chi connectivity index (χ4n) is 2.76. The zero-order chi connectivity index (χ0) is 18.4. The van der Waals surface area contributed by atoms with Crippen molar-refractivity contribution in [2.45, 2.75) is 26.4 Å². The van der Waals surface area contributed by atoms with Gasteiger partial charge in [-0.15, -0.1) is 0 Å². The average Bonchev–Trinajstić information content (AvgIpc) is 2.79. The number of halogens is 1. The molecule has 25 heavy (non-hydrogen) atoms. The quantitative estimate of drug-likeness (QED) is 0.764. The van der Waals surface area contributed by atoms with Gasteiger partial charge in [0.25, 0.3) is 0 Å². The molecule has 8 heteroatoms. The minimum absolute atomic E-state index is 0.0387. The summed E-state index contributed by atoms with van der Waals surface area (Å²) >= 11 is 0. The SMILES string of the molecule is CC(=O)N1CCCN(c2ccc(F)cc2NC(=O)NCC(C)O)CC1. The molecule has 0 spiro atoms. The van der Waals surface area contributed by atoms with Crippen molar-refractivity contribution in [1.29, 1.82) is 0 Å². The Balaban J connectivity index is 2.12. The molecule has 2 rings (SSSR count). The molecule has 1 atom stereocenters. The summed E-state index contributed by atoms with van der Waals surface area (Å²) in [7, 11) is 0.